The van der Waals surface area contributed by atoms with Gasteiger partial charge in [0.25, 0.3) is 0 Å². The fourth-order valence-corrected chi connectivity index (χ4v) is 3.24. The van der Waals surface area contributed by atoms with Crippen LogP contribution in [0.2, 0.25) is 0 Å². The third-order valence-corrected chi connectivity index (χ3v) is 4.47. The quantitative estimate of drug-likeness (QED) is 0.675. The van der Waals surface area contributed by atoms with Gasteiger partial charge in [-0.1, -0.05) is 0 Å². The number of nitrogens with one attached hydrogen (secondary N) is 1. The zero-order chi connectivity index (χ0) is 19.1. The molecular weight excluding hydrogens is 381 g/mol. The Morgan fingerprint density at radius 2 is 1.88 bits per heavy atom. The molecule has 1 heterocycles. The molecule has 144 valence electrons. The van der Waals surface area contributed by atoms with Gasteiger partial charge in [-0.3, -0.25) is 4.79 Å². The van der Waals surface area contributed by atoms with Gasteiger partial charge < -0.3 is 24.6 Å². The first-order chi connectivity index (χ1) is 12.5. The topological polar surface area (TPSA) is 71.1 Å². The third-order valence-electron chi connectivity index (χ3n) is 4.13. The fourth-order valence-electron chi connectivity index (χ4n) is 2.83. The lowest BCUT2D eigenvalue weighted by molar-refractivity contribution is -0.117. The van der Waals surface area contributed by atoms with Crippen molar-refractivity contribution in [2.24, 2.45) is 0 Å². The molecule has 0 saturated carbocycles. The number of ether oxygens (including phenoxy) is 2. The summed E-state index contributed by atoms with van der Waals surface area (Å²) in [6.07, 6.45) is 0.232. The van der Waals surface area contributed by atoms with Gasteiger partial charge in [0.1, 0.15) is 0 Å². The Bertz CT molecular complexity index is 638. The van der Waals surface area contributed by atoms with E-state index in [4.69, 9.17) is 32.7 Å². The molecule has 2 rings (SSSR count). The molecule has 1 aliphatic rings. The van der Waals surface area contributed by atoms with Crippen molar-refractivity contribution in [3.05, 3.63) is 18.2 Å². The van der Waals surface area contributed by atoms with Crippen molar-refractivity contribution < 1.29 is 19.1 Å². The van der Waals surface area contributed by atoms with Crippen molar-refractivity contribution in [2.45, 2.75) is 12.5 Å². The predicted molar refractivity (Wildman–Crippen MR) is 102 cm³/mol. The number of amides is 3. The van der Waals surface area contributed by atoms with Crippen LogP contribution in [0.3, 0.4) is 0 Å². The summed E-state index contributed by atoms with van der Waals surface area (Å²) in [6.45, 7) is 1.19. The van der Waals surface area contributed by atoms with Crippen LogP contribution in [0.15, 0.2) is 18.2 Å². The summed E-state index contributed by atoms with van der Waals surface area (Å²) >= 11 is 11.4. The SMILES string of the molecule is COc1ccc(N2CC(NC(=O)N(CCCl)CCCl)CC2=O)cc1OC. The Kier molecular flexibility index (Phi) is 7.66. The van der Waals surface area contributed by atoms with Gasteiger partial charge in [-0.05, 0) is 12.1 Å². The molecule has 1 unspecified atom stereocenters. The van der Waals surface area contributed by atoms with Crippen molar-refractivity contribution in [1.82, 2.24) is 10.2 Å². The van der Waals surface area contributed by atoms with Crippen LogP contribution in [0.25, 0.3) is 0 Å². The highest BCUT2D eigenvalue weighted by Gasteiger charge is 2.32. The number of methoxy groups -OCH3 is 2. The molecule has 1 atom stereocenters. The van der Waals surface area contributed by atoms with Gasteiger partial charge >= 0.3 is 6.03 Å². The Morgan fingerprint density at radius 1 is 1.23 bits per heavy atom. The second kappa shape index (κ2) is 9.73. The van der Waals surface area contributed by atoms with Gasteiger partial charge in [0.15, 0.2) is 11.5 Å². The van der Waals surface area contributed by atoms with E-state index in [1.807, 2.05) is 0 Å². The van der Waals surface area contributed by atoms with E-state index in [0.29, 0.717) is 48.6 Å². The van der Waals surface area contributed by atoms with Crippen molar-refractivity contribution in [2.75, 3.05) is 50.5 Å². The average Bonchev–Trinajstić information content (AvgIpc) is 3.00. The molecule has 9 heteroatoms. The molecule has 1 fully saturated rings. The Morgan fingerprint density at radius 3 is 2.46 bits per heavy atom. The summed E-state index contributed by atoms with van der Waals surface area (Å²) in [7, 11) is 3.09. The first kappa shape index (κ1) is 20.5. The van der Waals surface area contributed by atoms with E-state index < -0.39 is 0 Å². The number of hydrogen-bond acceptors (Lipinski definition) is 4. The highest BCUT2D eigenvalue weighted by atomic mass is 35.5. The number of halogens is 2. The summed E-state index contributed by atoms with van der Waals surface area (Å²) in [5.41, 5.74) is 0.697. The van der Waals surface area contributed by atoms with E-state index in [9.17, 15) is 9.59 Å². The minimum absolute atomic E-state index is 0.0660. The lowest BCUT2D eigenvalue weighted by Crippen LogP contribution is -2.47. The molecule has 1 aliphatic heterocycles. The minimum atomic E-state index is -0.281. The van der Waals surface area contributed by atoms with Crippen LogP contribution in [-0.2, 0) is 4.79 Å². The lowest BCUT2D eigenvalue weighted by atomic mass is 10.2. The summed E-state index contributed by atoms with van der Waals surface area (Å²) in [5.74, 6) is 1.71. The molecule has 0 bridgehead atoms. The van der Waals surface area contributed by atoms with Crippen LogP contribution in [0, 0.1) is 0 Å². The maximum absolute atomic E-state index is 12.4. The van der Waals surface area contributed by atoms with E-state index in [0.717, 1.165) is 0 Å². The molecule has 1 N–H and O–H groups in total. The van der Waals surface area contributed by atoms with Gasteiger partial charge in [-0.2, -0.15) is 0 Å². The molecule has 0 radical (unpaired) electrons. The summed E-state index contributed by atoms with van der Waals surface area (Å²) in [4.78, 5) is 27.9. The van der Waals surface area contributed by atoms with Gasteiger partial charge in [0, 0.05) is 49.6 Å². The molecule has 0 aromatic heterocycles. The third kappa shape index (κ3) is 4.86. The Hall–Kier alpha value is -1.86. The van der Waals surface area contributed by atoms with E-state index >= 15 is 0 Å². The maximum atomic E-state index is 12.4. The van der Waals surface area contributed by atoms with E-state index in [1.54, 1.807) is 42.2 Å². The zero-order valence-electron chi connectivity index (χ0n) is 14.8. The molecule has 1 saturated heterocycles. The number of nitrogens with zero attached hydrogens (tertiary/aromatic N) is 2. The number of anilines is 1. The molecule has 26 heavy (non-hydrogen) atoms. The zero-order valence-corrected chi connectivity index (χ0v) is 16.3. The Labute approximate surface area is 163 Å². The monoisotopic (exact) mass is 403 g/mol. The lowest BCUT2D eigenvalue weighted by Gasteiger charge is -2.23. The minimum Gasteiger partial charge on any atom is -0.493 e. The number of carbonyl (C=O) groups is 2. The van der Waals surface area contributed by atoms with Gasteiger partial charge in [-0.25, -0.2) is 4.79 Å². The van der Waals surface area contributed by atoms with E-state index in [2.05, 4.69) is 5.32 Å². The van der Waals surface area contributed by atoms with Crippen LogP contribution in [0.4, 0.5) is 10.5 Å². The van der Waals surface area contributed by atoms with E-state index in [-0.39, 0.29) is 24.4 Å². The Balaban J connectivity index is 2.05. The van der Waals surface area contributed by atoms with Crippen molar-refractivity contribution >= 4 is 40.8 Å². The molecular formula is C17H23Cl2N3O4. The molecule has 7 nitrogen and oxygen atoms in total. The summed E-state index contributed by atoms with van der Waals surface area (Å²) in [6, 6.07) is 4.73. The van der Waals surface area contributed by atoms with Gasteiger partial charge in [0.05, 0.1) is 20.3 Å². The average molecular weight is 404 g/mol. The van der Waals surface area contributed by atoms with Crippen LogP contribution in [0.1, 0.15) is 6.42 Å². The second-order valence-corrected chi connectivity index (χ2v) is 6.52. The number of benzene rings is 1. The molecule has 3 amide bonds. The van der Waals surface area contributed by atoms with Crippen LogP contribution in [0.5, 0.6) is 11.5 Å². The van der Waals surface area contributed by atoms with E-state index in [1.165, 1.54) is 0 Å². The standard InChI is InChI=1S/C17H23Cl2N3O4/c1-25-14-4-3-13(10-15(14)26-2)22-11-12(9-16(22)23)20-17(24)21(7-5-18)8-6-19/h3-4,10,12H,5-9,11H2,1-2H3,(H,20,24). The van der Waals surface area contributed by atoms with Crippen LogP contribution in [-0.4, -0.2) is 68.5 Å². The second-order valence-electron chi connectivity index (χ2n) is 5.76. The van der Waals surface area contributed by atoms with Crippen molar-refractivity contribution in [3.63, 3.8) is 0 Å². The fraction of sp³-hybridized carbons (Fsp3) is 0.529. The normalized spacial score (nSPS) is 16.5. The van der Waals surface area contributed by atoms with Gasteiger partial charge in [-0.15, -0.1) is 23.2 Å². The summed E-state index contributed by atoms with van der Waals surface area (Å²) < 4.78 is 10.5. The number of hydrogen-bond donors (Lipinski definition) is 1. The maximum Gasteiger partial charge on any atom is 0.317 e. The first-order valence-corrected chi connectivity index (χ1v) is 9.30. The number of alkyl halides is 2. The highest BCUT2D eigenvalue weighted by Crippen LogP contribution is 2.33. The molecule has 1 aromatic carbocycles. The number of rotatable bonds is 8. The smallest absolute Gasteiger partial charge is 0.317 e. The highest BCUT2D eigenvalue weighted by molar-refractivity contribution is 6.18. The molecule has 0 aliphatic carbocycles. The van der Waals surface area contributed by atoms with Crippen LogP contribution >= 0.6 is 23.2 Å². The molecule has 0 spiro atoms. The first-order valence-electron chi connectivity index (χ1n) is 8.23. The largest absolute Gasteiger partial charge is 0.493 e. The predicted octanol–water partition coefficient (Wildman–Crippen LogP) is 2.30. The van der Waals surface area contributed by atoms with Crippen LogP contribution < -0.4 is 19.7 Å². The number of urea groups is 1. The molecule has 1 aromatic rings. The van der Waals surface area contributed by atoms with Crippen molar-refractivity contribution in [3.8, 4) is 11.5 Å². The summed E-state index contributed by atoms with van der Waals surface area (Å²) in [5, 5.41) is 2.88. The number of carbonyl (C=O) groups excluding carboxylic acids is 2. The van der Waals surface area contributed by atoms with Gasteiger partial charge in [0.2, 0.25) is 5.91 Å². The van der Waals surface area contributed by atoms with Crippen molar-refractivity contribution in [1.29, 1.82) is 0 Å².